The van der Waals surface area contributed by atoms with Crippen molar-refractivity contribution in [2.45, 2.75) is 111 Å². The number of hydrogen-bond acceptors (Lipinski definition) is 13. The van der Waals surface area contributed by atoms with Crippen molar-refractivity contribution >= 4 is 52.4 Å². The lowest BCUT2D eigenvalue weighted by Crippen LogP contribution is -2.74. The number of carbonyl (C=O) groups excluding carboxylic acids is 4. The smallest absolute Gasteiger partial charge is 0.253 e. The lowest BCUT2D eigenvalue weighted by molar-refractivity contribution is -0.164. The van der Waals surface area contributed by atoms with Gasteiger partial charge in [-0.2, -0.15) is 5.26 Å². The molecule has 0 spiro atoms. The highest BCUT2D eigenvalue weighted by molar-refractivity contribution is 7.13. The van der Waals surface area contributed by atoms with Crippen LogP contribution in [-0.2, 0) is 14.4 Å². The van der Waals surface area contributed by atoms with Gasteiger partial charge in [-0.3, -0.25) is 29.0 Å². The number of benzene rings is 2. The van der Waals surface area contributed by atoms with E-state index in [9.17, 15) is 29.5 Å². The fourth-order valence-electron chi connectivity index (χ4n) is 11.2. The number of piperazine rings is 1. The number of anilines is 1. The van der Waals surface area contributed by atoms with E-state index in [-0.39, 0.29) is 61.3 Å². The number of halogens is 1. The third kappa shape index (κ3) is 10.9. The monoisotopic (exact) mass is 1010 g/mol. The van der Waals surface area contributed by atoms with Crippen molar-refractivity contribution in [3.8, 4) is 22.3 Å². The Kier molecular flexibility index (Phi) is 14.9. The van der Waals surface area contributed by atoms with Crippen LogP contribution in [0.3, 0.4) is 0 Å². The van der Waals surface area contributed by atoms with Crippen LogP contribution in [0.25, 0.3) is 10.4 Å². The topological polar surface area (TPSA) is 196 Å². The van der Waals surface area contributed by atoms with E-state index in [2.05, 4.69) is 69.4 Å². The number of thiazole rings is 1. The summed E-state index contributed by atoms with van der Waals surface area (Å²) >= 11 is 7.84. The van der Waals surface area contributed by atoms with Crippen LogP contribution in [-0.4, -0.2) is 142 Å². The minimum atomic E-state index is -0.907. The van der Waals surface area contributed by atoms with Crippen LogP contribution >= 0.6 is 22.9 Å². The Morgan fingerprint density at radius 2 is 1.65 bits per heavy atom. The van der Waals surface area contributed by atoms with E-state index < -0.39 is 34.4 Å². The summed E-state index contributed by atoms with van der Waals surface area (Å²) in [6.07, 6.45) is 0.666. The molecule has 3 saturated heterocycles. The molecule has 5 heterocycles. The third-order valence-electron chi connectivity index (χ3n) is 15.0. The molecule has 16 nitrogen and oxygen atoms in total. The number of nitriles is 1. The Labute approximate surface area is 426 Å². The van der Waals surface area contributed by atoms with E-state index in [1.54, 1.807) is 35.7 Å². The molecule has 4 atom stereocenters. The Hall–Kier alpha value is -5.64. The molecule has 8 rings (SSSR count). The largest absolute Gasteiger partial charge is 0.489 e. The summed E-state index contributed by atoms with van der Waals surface area (Å²) in [6, 6.07) is 16.8. The van der Waals surface area contributed by atoms with E-state index in [0.29, 0.717) is 27.9 Å². The molecule has 1 aliphatic carbocycles. The molecule has 4 amide bonds. The normalized spacial score (nSPS) is 23.1. The van der Waals surface area contributed by atoms with Crippen LogP contribution in [0.1, 0.15) is 95.0 Å². The Bertz CT molecular complexity index is 2630. The molecular formula is C53H67ClN10O6S. The van der Waals surface area contributed by atoms with Gasteiger partial charge in [-0.1, -0.05) is 84.3 Å². The van der Waals surface area contributed by atoms with Gasteiger partial charge in [-0.15, -0.1) is 11.3 Å². The zero-order chi connectivity index (χ0) is 51.2. The minimum absolute atomic E-state index is 0.00613. The minimum Gasteiger partial charge on any atom is -0.489 e. The number of likely N-dealkylation sites (tertiary alicyclic amines) is 2. The number of nitrogens with one attached hydrogen (secondary N) is 3. The van der Waals surface area contributed by atoms with Gasteiger partial charge in [-0.25, -0.2) is 9.97 Å². The molecule has 2 aromatic carbocycles. The van der Waals surface area contributed by atoms with Crippen molar-refractivity contribution in [1.82, 2.24) is 40.6 Å². The number of aromatic nitrogens is 2. The predicted octanol–water partition coefficient (Wildman–Crippen LogP) is 5.83. The number of pyridine rings is 1. The fourth-order valence-corrected chi connectivity index (χ4v) is 12.2. The van der Waals surface area contributed by atoms with Gasteiger partial charge in [-0.05, 0) is 54.7 Å². The summed E-state index contributed by atoms with van der Waals surface area (Å²) in [4.78, 5) is 73.4. The van der Waals surface area contributed by atoms with Gasteiger partial charge in [0.15, 0.2) is 0 Å². The van der Waals surface area contributed by atoms with Crippen molar-refractivity contribution in [2.75, 3.05) is 57.3 Å². The maximum atomic E-state index is 14.3. The SMILES string of the molecule is Cc1ncsc1-c1ccc([C@H](C)NC(=O)C2C[C@@H](O)CN2C(=O)[C@@H](NC(=O)CN2CC(N3CCN(c4ccc(C(=O)N[C@H]5C(C)(C)[C@H](Oc6ccc(C#N)c(Cl)c6)C5(C)C)cn4)CC3)C2)C(C)(C)C)cc1. The van der Waals surface area contributed by atoms with Gasteiger partial charge < -0.3 is 35.6 Å². The number of aryl methyl sites for hydroxylation is 1. The lowest BCUT2D eigenvalue weighted by Gasteiger charge is -2.63. The molecule has 4 aromatic rings. The summed E-state index contributed by atoms with van der Waals surface area (Å²) < 4.78 is 6.38. The molecule has 378 valence electrons. The number of amides is 4. The van der Waals surface area contributed by atoms with Gasteiger partial charge in [0.05, 0.1) is 50.9 Å². The number of β-amino-alcohol motifs (C(OH)–C–C–N with tert-alkyl or cyclic N) is 1. The molecule has 1 saturated carbocycles. The molecule has 4 N–H and O–H groups in total. The van der Waals surface area contributed by atoms with Crippen molar-refractivity contribution in [3.63, 3.8) is 0 Å². The highest BCUT2D eigenvalue weighted by atomic mass is 35.5. The molecule has 4 fully saturated rings. The van der Waals surface area contributed by atoms with Gasteiger partial charge in [0.2, 0.25) is 17.7 Å². The second-order valence-corrected chi connectivity index (χ2v) is 23.2. The highest BCUT2D eigenvalue weighted by Crippen LogP contribution is 2.55. The van der Waals surface area contributed by atoms with Crippen LogP contribution < -0.4 is 25.6 Å². The second-order valence-electron chi connectivity index (χ2n) is 22.0. The van der Waals surface area contributed by atoms with Crippen molar-refractivity contribution in [1.29, 1.82) is 5.26 Å². The third-order valence-corrected chi connectivity index (χ3v) is 16.3. The first kappa shape index (κ1) is 51.7. The van der Waals surface area contributed by atoms with E-state index in [0.717, 1.165) is 66.8 Å². The van der Waals surface area contributed by atoms with Crippen molar-refractivity contribution in [2.24, 2.45) is 16.2 Å². The molecule has 1 unspecified atom stereocenters. The average molecular weight is 1010 g/mol. The van der Waals surface area contributed by atoms with Crippen LogP contribution in [0.2, 0.25) is 5.02 Å². The lowest BCUT2D eigenvalue weighted by atomic mass is 9.49. The number of carbonyl (C=O) groups is 4. The standard InChI is InChI=1S/C53H67ClN10O6S/c1-31(33-10-12-34(13-11-33)44-32(2)57-30-71-44)58-47(68)41-22-38(65)28-64(41)48(69)45(51(3,4)5)59-43(66)29-61-26-37(27-61)62-18-20-63(21-19-62)42-17-15-36(25-56-42)46(67)60-49-52(6,7)50(53(49,8)9)70-39-16-14-35(24-55)40(54)23-39/h10-17,23,25,30-31,37-38,41,45,49-50,65H,18-22,26-29H2,1-9H3,(H,58,68)(H,59,66)(H,60,67)/t31-,38+,41?,45+,49-,50-/m0/s1. The second kappa shape index (κ2) is 20.5. The highest BCUT2D eigenvalue weighted by Gasteiger charge is 2.64. The molecule has 71 heavy (non-hydrogen) atoms. The summed E-state index contributed by atoms with van der Waals surface area (Å²) in [6.45, 7) is 22.6. The van der Waals surface area contributed by atoms with Crippen LogP contribution in [0, 0.1) is 34.5 Å². The molecule has 2 aromatic heterocycles. The van der Waals surface area contributed by atoms with E-state index in [1.165, 1.54) is 4.90 Å². The predicted molar refractivity (Wildman–Crippen MR) is 274 cm³/mol. The molecule has 3 aliphatic heterocycles. The summed E-state index contributed by atoms with van der Waals surface area (Å²) in [5.74, 6) is 0.188. The average Bonchev–Trinajstić information content (AvgIpc) is 3.94. The van der Waals surface area contributed by atoms with Gasteiger partial charge >= 0.3 is 0 Å². The number of aliphatic hydroxyl groups is 1. The zero-order valence-electron chi connectivity index (χ0n) is 42.2. The maximum Gasteiger partial charge on any atom is 0.253 e. The van der Waals surface area contributed by atoms with Gasteiger partial charge in [0.25, 0.3) is 5.91 Å². The molecule has 4 aliphatic rings. The Morgan fingerprint density at radius 3 is 2.24 bits per heavy atom. The first-order chi connectivity index (χ1) is 33.5. The first-order valence-corrected chi connectivity index (χ1v) is 25.7. The number of hydrogen-bond donors (Lipinski definition) is 4. The molecular weight excluding hydrogens is 940 g/mol. The van der Waals surface area contributed by atoms with E-state index in [1.807, 2.05) is 76.5 Å². The van der Waals surface area contributed by atoms with Crippen molar-refractivity contribution in [3.05, 3.63) is 93.7 Å². The van der Waals surface area contributed by atoms with Gasteiger partial charge in [0, 0.05) is 87.4 Å². The number of nitrogens with zero attached hydrogens (tertiary/aromatic N) is 7. The van der Waals surface area contributed by atoms with Crippen LogP contribution in [0.15, 0.2) is 66.3 Å². The number of rotatable bonds is 14. The molecule has 18 heteroatoms. The van der Waals surface area contributed by atoms with Gasteiger partial charge in [0.1, 0.15) is 35.8 Å². The molecule has 0 bridgehead atoms. The fraction of sp³-hybridized carbons (Fsp3) is 0.528. The number of aliphatic hydroxyl groups excluding tert-OH is 1. The zero-order valence-corrected chi connectivity index (χ0v) is 43.7. The molecule has 0 radical (unpaired) electrons. The van der Waals surface area contributed by atoms with Crippen LogP contribution in [0.4, 0.5) is 5.82 Å². The Morgan fingerprint density at radius 1 is 0.958 bits per heavy atom. The van der Waals surface area contributed by atoms with E-state index >= 15 is 0 Å². The Balaban J connectivity index is 0.776. The van der Waals surface area contributed by atoms with Crippen molar-refractivity contribution < 1.29 is 29.0 Å². The van der Waals surface area contributed by atoms with Crippen LogP contribution in [0.5, 0.6) is 5.75 Å². The summed E-state index contributed by atoms with van der Waals surface area (Å²) in [5, 5.41) is 29.6. The maximum absolute atomic E-state index is 14.3. The van der Waals surface area contributed by atoms with E-state index in [4.69, 9.17) is 21.3 Å². The first-order valence-electron chi connectivity index (χ1n) is 24.5. The quantitative estimate of drug-likeness (QED) is 0.118. The summed E-state index contributed by atoms with van der Waals surface area (Å²) in [7, 11) is 0. The summed E-state index contributed by atoms with van der Waals surface area (Å²) in [5.41, 5.74) is 4.17. The number of ether oxygens (including phenoxy) is 1.